The van der Waals surface area contributed by atoms with E-state index in [1.807, 2.05) is 0 Å². The molecular formula is C20H28N2O. The molecule has 23 heavy (non-hydrogen) atoms. The summed E-state index contributed by atoms with van der Waals surface area (Å²) in [5.74, 6) is 0.331. The van der Waals surface area contributed by atoms with Gasteiger partial charge in [0.2, 0.25) is 5.91 Å². The number of nitrogens with one attached hydrogen (secondary N) is 1. The predicted molar refractivity (Wildman–Crippen MR) is 95.5 cm³/mol. The Kier molecular flexibility index (Phi) is 5.04. The monoisotopic (exact) mass is 312 g/mol. The number of H-pyrrole nitrogens is 1. The van der Waals surface area contributed by atoms with E-state index in [9.17, 15) is 4.79 Å². The molecule has 1 N–H and O–H groups in total. The second-order valence-electron chi connectivity index (χ2n) is 6.63. The quantitative estimate of drug-likeness (QED) is 0.751. The third-order valence-corrected chi connectivity index (χ3v) is 5.11. The second kappa shape index (κ2) is 7.20. The van der Waals surface area contributed by atoms with Crippen molar-refractivity contribution in [3.63, 3.8) is 0 Å². The van der Waals surface area contributed by atoms with E-state index in [2.05, 4.69) is 48.0 Å². The zero-order valence-corrected chi connectivity index (χ0v) is 14.4. The molecule has 0 fully saturated rings. The van der Waals surface area contributed by atoms with Crippen molar-refractivity contribution in [2.45, 2.75) is 64.8 Å². The average molecular weight is 312 g/mol. The SMILES string of the molecule is CCCCCCC(=O)N1CCc2c([nH]c3ccccc23)C1CC. The number of rotatable bonds is 6. The predicted octanol–water partition coefficient (Wildman–Crippen LogP) is 4.97. The summed E-state index contributed by atoms with van der Waals surface area (Å²) in [6.07, 6.45) is 7.29. The van der Waals surface area contributed by atoms with Gasteiger partial charge in [-0.3, -0.25) is 4.79 Å². The van der Waals surface area contributed by atoms with E-state index in [0.717, 1.165) is 25.8 Å². The van der Waals surface area contributed by atoms with Crippen LogP contribution in [0, 0.1) is 0 Å². The largest absolute Gasteiger partial charge is 0.356 e. The maximum atomic E-state index is 12.7. The highest BCUT2D eigenvalue weighted by Crippen LogP contribution is 2.36. The zero-order chi connectivity index (χ0) is 16.2. The molecule has 1 aromatic heterocycles. The summed E-state index contributed by atoms with van der Waals surface area (Å²) in [5, 5.41) is 1.33. The lowest BCUT2D eigenvalue weighted by molar-refractivity contribution is -0.134. The summed E-state index contributed by atoms with van der Waals surface area (Å²) < 4.78 is 0. The number of hydrogen-bond donors (Lipinski definition) is 1. The van der Waals surface area contributed by atoms with Crippen LogP contribution in [0.1, 0.15) is 69.7 Å². The highest BCUT2D eigenvalue weighted by molar-refractivity contribution is 5.86. The minimum Gasteiger partial charge on any atom is -0.356 e. The number of amides is 1. The van der Waals surface area contributed by atoms with E-state index in [-0.39, 0.29) is 6.04 Å². The average Bonchev–Trinajstić information content (AvgIpc) is 2.96. The van der Waals surface area contributed by atoms with Gasteiger partial charge in [0.1, 0.15) is 0 Å². The van der Waals surface area contributed by atoms with Gasteiger partial charge >= 0.3 is 0 Å². The minimum atomic E-state index is 0.213. The van der Waals surface area contributed by atoms with Crippen molar-refractivity contribution in [3.05, 3.63) is 35.5 Å². The van der Waals surface area contributed by atoms with Crippen LogP contribution in [0.2, 0.25) is 0 Å². The standard InChI is InChI=1S/C20H28N2O/c1-3-5-6-7-12-19(23)22-14-13-16-15-10-8-9-11-17(15)21-20(16)18(22)4-2/h8-11,18,21H,3-7,12-14H2,1-2H3. The van der Waals surface area contributed by atoms with Crippen molar-refractivity contribution in [1.82, 2.24) is 9.88 Å². The van der Waals surface area contributed by atoms with Crippen LogP contribution in [-0.2, 0) is 11.2 Å². The lowest BCUT2D eigenvalue weighted by Gasteiger charge is -2.35. The Morgan fingerprint density at radius 2 is 2.04 bits per heavy atom. The van der Waals surface area contributed by atoms with Crippen LogP contribution < -0.4 is 0 Å². The molecule has 1 aliphatic heterocycles. The van der Waals surface area contributed by atoms with Gasteiger partial charge in [0.25, 0.3) is 0 Å². The highest BCUT2D eigenvalue weighted by Gasteiger charge is 2.31. The van der Waals surface area contributed by atoms with Gasteiger partial charge in [0, 0.05) is 29.6 Å². The number of unbranched alkanes of at least 4 members (excludes halogenated alkanes) is 3. The molecule has 1 aliphatic rings. The molecule has 0 saturated heterocycles. The fourth-order valence-corrected chi connectivity index (χ4v) is 3.89. The Balaban J connectivity index is 1.78. The smallest absolute Gasteiger partial charge is 0.223 e. The molecule has 0 spiro atoms. The van der Waals surface area contributed by atoms with E-state index in [4.69, 9.17) is 0 Å². The van der Waals surface area contributed by atoms with Crippen LogP contribution >= 0.6 is 0 Å². The van der Waals surface area contributed by atoms with Crippen LogP contribution in [0.25, 0.3) is 10.9 Å². The fraction of sp³-hybridized carbons (Fsp3) is 0.550. The minimum absolute atomic E-state index is 0.213. The number of aromatic nitrogens is 1. The number of hydrogen-bond acceptors (Lipinski definition) is 1. The third kappa shape index (κ3) is 3.15. The van der Waals surface area contributed by atoms with Gasteiger partial charge < -0.3 is 9.88 Å². The van der Waals surface area contributed by atoms with Crippen LogP contribution in [0.15, 0.2) is 24.3 Å². The van der Waals surface area contributed by atoms with Crippen LogP contribution in [0.4, 0.5) is 0 Å². The van der Waals surface area contributed by atoms with Crippen molar-refractivity contribution in [2.24, 2.45) is 0 Å². The van der Waals surface area contributed by atoms with Crippen LogP contribution in [0.5, 0.6) is 0 Å². The van der Waals surface area contributed by atoms with Gasteiger partial charge in [-0.1, -0.05) is 51.3 Å². The van der Waals surface area contributed by atoms with Gasteiger partial charge in [-0.15, -0.1) is 0 Å². The van der Waals surface area contributed by atoms with Crippen molar-refractivity contribution < 1.29 is 4.79 Å². The fourth-order valence-electron chi connectivity index (χ4n) is 3.89. The van der Waals surface area contributed by atoms with E-state index in [1.165, 1.54) is 41.4 Å². The molecular weight excluding hydrogens is 284 g/mol. The molecule has 3 heteroatoms. The molecule has 3 nitrogen and oxygen atoms in total. The molecule has 0 saturated carbocycles. The molecule has 1 atom stereocenters. The van der Waals surface area contributed by atoms with E-state index in [1.54, 1.807) is 0 Å². The topological polar surface area (TPSA) is 36.1 Å². The number of carbonyl (C=O) groups excluding carboxylic acids is 1. The number of nitrogens with zero attached hydrogens (tertiary/aromatic N) is 1. The second-order valence-corrected chi connectivity index (χ2v) is 6.63. The molecule has 0 radical (unpaired) electrons. The van der Waals surface area contributed by atoms with Crippen molar-refractivity contribution in [3.8, 4) is 0 Å². The molecule has 1 unspecified atom stereocenters. The van der Waals surface area contributed by atoms with Crippen molar-refractivity contribution in [1.29, 1.82) is 0 Å². The Morgan fingerprint density at radius 3 is 2.83 bits per heavy atom. The van der Waals surface area contributed by atoms with Gasteiger partial charge in [-0.05, 0) is 30.9 Å². The van der Waals surface area contributed by atoms with Crippen LogP contribution in [0.3, 0.4) is 0 Å². The molecule has 2 aromatic rings. The van der Waals surface area contributed by atoms with Crippen molar-refractivity contribution >= 4 is 16.8 Å². The Bertz CT molecular complexity index is 673. The van der Waals surface area contributed by atoms with Crippen LogP contribution in [-0.4, -0.2) is 22.3 Å². The maximum absolute atomic E-state index is 12.7. The first-order chi connectivity index (χ1) is 11.3. The zero-order valence-electron chi connectivity index (χ0n) is 14.4. The lowest BCUT2D eigenvalue weighted by Crippen LogP contribution is -2.39. The molecule has 0 aliphatic carbocycles. The molecule has 0 bridgehead atoms. The summed E-state index contributed by atoms with van der Waals surface area (Å²) >= 11 is 0. The molecule has 1 amide bonds. The van der Waals surface area contributed by atoms with E-state index < -0.39 is 0 Å². The normalized spacial score (nSPS) is 17.5. The molecule has 2 heterocycles. The summed E-state index contributed by atoms with van der Waals surface area (Å²) in [6, 6.07) is 8.71. The lowest BCUT2D eigenvalue weighted by atomic mass is 9.95. The molecule has 124 valence electrons. The number of carbonyl (C=O) groups is 1. The summed E-state index contributed by atoms with van der Waals surface area (Å²) in [7, 11) is 0. The highest BCUT2D eigenvalue weighted by atomic mass is 16.2. The first kappa shape index (κ1) is 16.1. The Hall–Kier alpha value is -1.77. The van der Waals surface area contributed by atoms with Gasteiger partial charge in [0.15, 0.2) is 0 Å². The Labute approximate surface area is 139 Å². The summed E-state index contributed by atoms with van der Waals surface area (Å²) in [5.41, 5.74) is 3.89. The Morgan fingerprint density at radius 1 is 1.22 bits per heavy atom. The molecule has 1 aromatic carbocycles. The first-order valence-corrected chi connectivity index (χ1v) is 9.15. The number of para-hydroxylation sites is 1. The number of fused-ring (bicyclic) bond motifs is 3. The van der Waals surface area contributed by atoms with Gasteiger partial charge in [-0.25, -0.2) is 0 Å². The first-order valence-electron chi connectivity index (χ1n) is 9.15. The third-order valence-electron chi connectivity index (χ3n) is 5.11. The summed E-state index contributed by atoms with van der Waals surface area (Å²) in [6.45, 7) is 5.25. The van der Waals surface area contributed by atoms with Gasteiger partial charge in [-0.2, -0.15) is 0 Å². The van der Waals surface area contributed by atoms with Crippen molar-refractivity contribution in [2.75, 3.05) is 6.54 Å². The number of aromatic amines is 1. The number of benzene rings is 1. The van der Waals surface area contributed by atoms with E-state index in [0.29, 0.717) is 12.3 Å². The van der Waals surface area contributed by atoms with E-state index >= 15 is 0 Å². The molecule has 3 rings (SSSR count). The van der Waals surface area contributed by atoms with Gasteiger partial charge in [0.05, 0.1) is 6.04 Å². The maximum Gasteiger partial charge on any atom is 0.223 e. The summed E-state index contributed by atoms with van der Waals surface area (Å²) in [4.78, 5) is 18.4.